The lowest BCUT2D eigenvalue weighted by molar-refractivity contribution is -0.113. The molecular formula is C19H16N2O5S. The Hall–Kier alpha value is -3.13. The Bertz CT molecular complexity index is 973. The molecule has 0 bridgehead atoms. The maximum Gasteiger partial charge on any atom is 0.271 e. The van der Waals surface area contributed by atoms with Crippen LogP contribution in [0.3, 0.4) is 0 Å². The van der Waals surface area contributed by atoms with E-state index in [1.807, 2.05) is 6.07 Å². The Kier molecular flexibility index (Phi) is 4.41. The van der Waals surface area contributed by atoms with Crippen LogP contribution in [0.1, 0.15) is 5.56 Å². The lowest BCUT2D eigenvalue weighted by Crippen LogP contribution is -2.28. The van der Waals surface area contributed by atoms with Gasteiger partial charge in [-0.2, -0.15) is 0 Å². The fourth-order valence-electron chi connectivity index (χ4n) is 2.82. The number of hydrogen-bond acceptors (Lipinski definition) is 7. The van der Waals surface area contributed by atoms with E-state index in [1.54, 1.807) is 50.6 Å². The van der Waals surface area contributed by atoms with E-state index in [9.17, 15) is 4.79 Å². The topological polar surface area (TPSA) is 81.1 Å². The van der Waals surface area contributed by atoms with Crippen LogP contribution in [-0.2, 0) is 4.79 Å². The Morgan fingerprint density at radius 1 is 1.11 bits per heavy atom. The van der Waals surface area contributed by atoms with E-state index in [1.165, 1.54) is 4.90 Å². The number of carbonyl (C=O) groups excluding carboxylic acids is 1. The molecule has 2 aromatic carbocycles. The molecule has 2 aliphatic rings. The number of nitrogens with one attached hydrogen (secondary N) is 1. The number of fused-ring (bicyclic) bond motifs is 1. The fraction of sp³-hybridized carbons (Fsp3) is 0.158. The summed E-state index contributed by atoms with van der Waals surface area (Å²) in [6.07, 6.45) is 1.72. The van der Waals surface area contributed by atoms with Crippen molar-refractivity contribution < 1.29 is 23.7 Å². The molecule has 0 aliphatic carbocycles. The summed E-state index contributed by atoms with van der Waals surface area (Å²) >= 11 is 1.10. The zero-order valence-corrected chi connectivity index (χ0v) is 15.5. The second kappa shape index (κ2) is 6.88. The van der Waals surface area contributed by atoms with Gasteiger partial charge in [0.25, 0.3) is 5.91 Å². The molecule has 0 unspecified atom stereocenters. The fourth-order valence-corrected chi connectivity index (χ4v) is 3.68. The van der Waals surface area contributed by atoms with E-state index in [2.05, 4.69) is 0 Å². The zero-order chi connectivity index (χ0) is 19.0. The quantitative estimate of drug-likeness (QED) is 0.813. The van der Waals surface area contributed by atoms with Crippen molar-refractivity contribution in [1.82, 2.24) is 0 Å². The predicted molar refractivity (Wildman–Crippen MR) is 103 cm³/mol. The molecule has 8 heteroatoms. The molecule has 4 rings (SSSR count). The molecule has 27 heavy (non-hydrogen) atoms. The van der Waals surface area contributed by atoms with Gasteiger partial charge in [-0.15, -0.1) is 0 Å². The first kappa shape index (κ1) is 17.3. The normalized spacial score (nSPS) is 17.0. The number of amidine groups is 1. The Balaban J connectivity index is 1.66. The van der Waals surface area contributed by atoms with Crippen molar-refractivity contribution in [2.45, 2.75) is 0 Å². The molecule has 138 valence electrons. The van der Waals surface area contributed by atoms with Gasteiger partial charge in [-0.3, -0.25) is 15.1 Å². The number of amides is 1. The largest absolute Gasteiger partial charge is 0.497 e. The lowest BCUT2D eigenvalue weighted by atomic mass is 10.1. The number of ether oxygens (including phenoxy) is 4. The van der Waals surface area contributed by atoms with Crippen molar-refractivity contribution in [3.05, 3.63) is 46.9 Å². The van der Waals surface area contributed by atoms with Crippen LogP contribution in [-0.4, -0.2) is 32.1 Å². The Labute approximate surface area is 160 Å². The molecule has 2 aliphatic heterocycles. The maximum absolute atomic E-state index is 12.9. The van der Waals surface area contributed by atoms with Crippen LogP contribution in [0.2, 0.25) is 0 Å². The van der Waals surface area contributed by atoms with Gasteiger partial charge in [0.05, 0.1) is 24.8 Å². The van der Waals surface area contributed by atoms with Crippen molar-refractivity contribution in [2.75, 3.05) is 25.9 Å². The highest BCUT2D eigenvalue weighted by atomic mass is 32.2. The van der Waals surface area contributed by atoms with Gasteiger partial charge in [0.2, 0.25) is 6.79 Å². The van der Waals surface area contributed by atoms with Crippen molar-refractivity contribution in [3.63, 3.8) is 0 Å². The van der Waals surface area contributed by atoms with Crippen LogP contribution >= 0.6 is 11.8 Å². The van der Waals surface area contributed by atoms with E-state index in [0.29, 0.717) is 33.6 Å². The number of hydrogen-bond donors (Lipinski definition) is 1. The van der Waals surface area contributed by atoms with Crippen LogP contribution < -0.4 is 23.8 Å². The smallest absolute Gasteiger partial charge is 0.271 e. The number of methoxy groups -OCH3 is 2. The number of anilines is 1. The minimum atomic E-state index is -0.276. The monoisotopic (exact) mass is 384 g/mol. The molecular weight excluding hydrogens is 368 g/mol. The van der Waals surface area contributed by atoms with Gasteiger partial charge >= 0.3 is 0 Å². The molecule has 0 aromatic heterocycles. The van der Waals surface area contributed by atoms with E-state index in [-0.39, 0.29) is 17.9 Å². The highest BCUT2D eigenvalue weighted by Gasteiger charge is 2.34. The number of thioether (sulfide) groups is 1. The summed E-state index contributed by atoms with van der Waals surface area (Å²) in [4.78, 5) is 14.7. The minimum Gasteiger partial charge on any atom is -0.497 e. The molecule has 0 saturated carbocycles. The van der Waals surface area contributed by atoms with Crippen LogP contribution in [0.15, 0.2) is 41.3 Å². The number of rotatable bonds is 4. The van der Waals surface area contributed by atoms with Gasteiger partial charge in [0, 0.05) is 17.7 Å². The minimum absolute atomic E-state index is 0.123. The first-order chi connectivity index (χ1) is 13.1. The maximum atomic E-state index is 12.9. The summed E-state index contributed by atoms with van der Waals surface area (Å²) in [7, 11) is 3.13. The van der Waals surface area contributed by atoms with E-state index in [4.69, 9.17) is 24.4 Å². The third kappa shape index (κ3) is 3.08. The average Bonchev–Trinajstić information content (AvgIpc) is 3.25. The first-order valence-electron chi connectivity index (χ1n) is 8.05. The third-order valence-corrected chi connectivity index (χ3v) is 5.05. The predicted octanol–water partition coefficient (Wildman–Crippen LogP) is 3.49. The second-order valence-electron chi connectivity index (χ2n) is 5.70. The van der Waals surface area contributed by atoms with E-state index < -0.39 is 0 Å². The molecule has 7 nitrogen and oxygen atoms in total. The van der Waals surface area contributed by atoms with Gasteiger partial charge in [-0.25, -0.2) is 0 Å². The van der Waals surface area contributed by atoms with Crippen molar-refractivity contribution >= 4 is 34.6 Å². The molecule has 1 saturated heterocycles. The van der Waals surface area contributed by atoms with E-state index in [0.717, 1.165) is 17.3 Å². The van der Waals surface area contributed by atoms with Gasteiger partial charge in [-0.05, 0) is 42.1 Å². The van der Waals surface area contributed by atoms with Crippen LogP contribution in [0.4, 0.5) is 5.69 Å². The molecule has 0 atom stereocenters. The summed E-state index contributed by atoms with van der Waals surface area (Å²) in [6, 6.07) is 10.5. The molecule has 0 radical (unpaired) electrons. The van der Waals surface area contributed by atoms with Crippen LogP contribution in [0.5, 0.6) is 23.0 Å². The summed E-state index contributed by atoms with van der Waals surface area (Å²) in [5, 5.41) is 8.36. The Morgan fingerprint density at radius 2 is 1.93 bits per heavy atom. The molecule has 0 spiro atoms. The average molecular weight is 384 g/mol. The summed E-state index contributed by atoms with van der Waals surface area (Å²) < 4.78 is 21.2. The Morgan fingerprint density at radius 3 is 2.70 bits per heavy atom. The lowest BCUT2D eigenvalue weighted by Gasteiger charge is -2.14. The highest BCUT2D eigenvalue weighted by molar-refractivity contribution is 8.19. The van der Waals surface area contributed by atoms with E-state index >= 15 is 0 Å². The summed E-state index contributed by atoms with van der Waals surface area (Å²) in [5.41, 5.74) is 1.29. The van der Waals surface area contributed by atoms with Gasteiger partial charge in [-0.1, -0.05) is 0 Å². The van der Waals surface area contributed by atoms with Gasteiger partial charge in [0.15, 0.2) is 16.7 Å². The SMILES string of the molecule is COc1ccc(/C=C2\SC(=N)N(c3ccc4c(c3)OCO4)C2=O)c(OC)c1. The number of carbonyl (C=O) groups is 1. The zero-order valence-electron chi connectivity index (χ0n) is 14.6. The van der Waals surface area contributed by atoms with Crippen molar-refractivity contribution in [3.8, 4) is 23.0 Å². The molecule has 1 amide bonds. The van der Waals surface area contributed by atoms with Crippen molar-refractivity contribution in [1.29, 1.82) is 5.41 Å². The molecule has 1 N–H and O–H groups in total. The number of benzene rings is 2. The van der Waals surface area contributed by atoms with Crippen LogP contribution in [0, 0.1) is 5.41 Å². The standard InChI is InChI=1S/C19H16N2O5S/c1-23-13-5-3-11(15(9-13)24-2)7-17-18(22)21(19(20)27-17)12-4-6-14-16(8-12)26-10-25-14/h3-9,20H,10H2,1-2H3/b17-7-,20-19?. The second-order valence-corrected chi connectivity index (χ2v) is 6.73. The summed E-state index contributed by atoms with van der Waals surface area (Å²) in [6.45, 7) is 0.154. The number of nitrogens with zero attached hydrogens (tertiary/aromatic N) is 1. The molecule has 2 aromatic rings. The first-order valence-corrected chi connectivity index (χ1v) is 8.86. The van der Waals surface area contributed by atoms with Crippen molar-refractivity contribution in [2.24, 2.45) is 0 Å². The molecule has 2 heterocycles. The summed E-state index contributed by atoms with van der Waals surface area (Å²) in [5.74, 6) is 2.16. The molecule has 1 fully saturated rings. The van der Waals surface area contributed by atoms with Gasteiger partial charge in [0.1, 0.15) is 11.5 Å². The van der Waals surface area contributed by atoms with Gasteiger partial charge < -0.3 is 18.9 Å². The third-order valence-electron chi connectivity index (χ3n) is 4.17. The van der Waals surface area contributed by atoms with Crippen LogP contribution in [0.25, 0.3) is 6.08 Å². The highest BCUT2D eigenvalue weighted by Crippen LogP contribution is 2.41.